The molecule has 2 aromatic rings. The van der Waals surface area contributed by atoms with Gasteiger partial charge in [-0.25, -0.2) is 13.2 Å². The molecule has 0 saturated heterocycles. The van der Waals surface area contributed by atoms with Crippen molar-refractivity contribution >= 4 is 0 Å². The molecule has 2 aliphatic carbocycles. The summed E-state index contributed by atoms with van der Waals surface area (Å²) in [6.07, 6.45) is 8.89. The van der Waals surface area contributed by atoms with Crippen molar-refractivity contribution in [1.82, 2.24) is 0 Å². The first kappa shape index (κ1) is 23.4. The predicted octanol–water partition coefficient (Wildman–Crippen LogP) is 7.59. The van der Waals surface area contributed by atoms with E-state index in [0.29, 0.717) is 17.8 Å². The third-order valence-corrected chi connectivity index (χ3v) is 7.00. The number of hydrogen-bond donors (Lipinski definition) is 0. The van der Waals surface area contributed by atoms with Gasteiger partial charge in [-0.15, -0.1) is 6.58 Å². The molecule has 0 N–H and O–H groups in total. The molecule has 2 aromatic carbocycles. The van der Waals surface area contributed by atoms with E-state index in [-0.39, 0.29) is 11.1 Å². The molecule has 0 amide bonds. The van der Waals surface area contributed by atoms with Gasteiger partial charge in [-0.05, 0) is 92.0 Å². The Balaban J connectivity index is 1.46. The summed E-state index contributed by atoms with van der Waals surface area (Å²) in [6, 6.07) is 6.51. The highest BCUT2D eigenvalue weighted by Crippen LogP contribution is 2.47. The van der Waals surface area contributed by atoms with Crippen LogP contribution in [0.25, 0.3) is 0 Å². The van der Waals surface area contributed by atoms with Crippen molar-refractivity contribution in [2.75, 3.05) is 0 Å². The monoisotopic (exact) mass is 460 g/mol. The molecule has 0 radical (unpaired) electrons. The number of hydrogen-bond acceptors (Lipinski definition) is 1. The fourth-order valence-electron chi connectivity index (χ4n) is 5.30. The van der Waals surface area contributed by atoms with E-state index >= 15 is 0 Å². The van der Waals surface area contributed by atoms with E-state index in [1.54, 1.807) is 6.07 Å². The maximum atomic E-state index is 14.7. The number of ether oxygens (including phenoxy) is 1. The van der Waals surface area contributed by atoms with Gasteiger partial charge in [-0.1, -0.05) is 24.0 Å². The zero-order valence-electron chi connectivity index (χ0n) is 18.1. The number of rotatable bonds is 4. The van der Waals surface area contributed by atoms with Crippen LogP contribution in [0.5, 0.6) is 5.75 Å². The summed E-state index contributed by atoms with van der Waals surface area (Å²) in [5.41, 5.74) is 0.948. The summed E-state index contributed by atoms with van der Waals surface area (Å²) < 4.78 is 70.8. The summed E-state index contributed by atoms with van der Waals surface area (Å²) in [4.78, 5) is 0. The van der Waals surface area contributed by atoms with E-state index in [0.717, 1.165) is 42.9 Å². The number of fused-ring (bicyclic) bond motifs is 1. The van der Waals surface area contributed by atoms with Gasteiger partial charge in [0.1, 0.15) is 5.82 Å². The summed E-state index contributed by atoms with van der Waals surface area (Å²) in [5, 5.41) is 0. The Kier molecular flexibility index (Phi) is 7.07. The zero-order valence-corrected chi connectivity index (χ0v) is 18.1. The van der Waals surface area contributed by atoms with Crippen molar-refractivity contribution < 1.29 is 26.7 Å². The Morgan fingerprint density at radius 2 is 1.58 bits per heavy atom. The Bertz CT molecular complexity index is 1060. The van der Waals surface area contributed by atoms with Crippen molar-refractivity contribution in [3.63, 3.8) is 0 Å². The molecule has 0 bridgehead atoms. The molecule has 2 saturated carbocycles. The minimum atomic E-state index is -3.35. The fraction of sp³-hybridized carbons (Fsp3) is 0.407. The molecule has 0 aromatic heterocycles. The Hall–Kier alpha value is -2.81. The van der Waals surface area contributed by atoms with Crippen molar-refractivity contribution in [3.8, 4) is 17.6 Å². The van der Waals surface area contributed by atoms with E-state index in [9.17, 15) is 22.0 Å². The SMILES string of the molecule is C=CC1CCC2CC(c3ccc(C#Cc4cc(F)c(OC(F)F)c(F)c4)c(F)c3)CCC2C1. The highest BCUT2D eigenvalue weighted by atomic mass is 19.3. The molecule has 0 heterocycles. The van der Waals surface area contributed by atoms with Crippen molar-refractivity contribution in [2.45, 2.75) is 51.1 Å². The van der Waals surface area contributed by atoms with Crippen molar-refractivity contribution in [3.05, 3.63) is 77.1 Å². The molecular formula is C27H25F5O. The average Bonchev–Trinajstić information content (AvgIpc) is 2.79. The van der Waals surface area contributed by atoms with Gasteiger partial charge in [0, 0.05) is 5.56 Å². The molecular weight excluding hydrogens is 435 g/mol. The van der Waals surface area contributed by atoms with E-state index in [1.807, 2.05) is 6.07 Å². The van der Waals surface area contributed by atoms with E-state index < -0.39 is 29.8 Å². The van der Waals surface area contributed by atoms with Crippen LogP contribution in [-0.4, -0.2) is 6.61 Å². The van der Waals surface area contributed by atoms with Crippen LogP contribution in [-0.2, 0) is 0 Å². The van der Waals surface area contributed by atoms with E-state index in [1.165, 1.54) is 25.3 Å². The molecule has 4 unspecified atom stereocenters. The molecule has 4 atom stereocenters. The van der Waals surface area contributed by atoms with Crippen LogP contribution in [0.3, 0.4) is 0 Å². The first-order chi connectivity index (χ1) is 15.8. The van der Waals surface area contributed by atoms with Crippen molar-refractivity contribution in [1.29, 1.82) is 0 Å². The van der Waals surface area contributed by atoms with Crippen LogP contribution in [0.4, 0.5) is 22.0 Å². The lowest BCUT2D eigenvalue weighted by Crippen LogP contribution is -2.30. The summed E-state index contributed by atoms with van der Waals surface area (Å²) in [7, 11) is 0. The number of alkyl halides is 2. The Morgan fingerprint density at radius 1 is 0.879 bits per heavy atom. The zero-order chi connectivity index (χ0) is 23.5. The maximum absolute atomic E-state index is 14.7. The lowest BCUT2D eigenvalue weighted by molar-refractivity contribution is -0.0546. The van der Waals surface area contributed by atoms with Gasteiger partial charge in [0.2, 0.25) is 0 Å². The Labute approximate surface area is 190 Å². The van der Waals surface area contributed by atoms with Gasteiger partial charge in [0.15, 0.2) is 17.4 Å². The third-order valence-electron chi connectivity index (χ3n) is 7.00. The molecule has 1 nitrogen and oxygen atoms in total. The number of halogens is 5. The lowest BCUT2D eigenvalue weighted by atomic mass is 9.64. The molecule has 33 heavy (non-hydrogen) atoms. The number of allylic oxidation sites excluding steroid dienone is 1. The van der Waals surface area contributed by atoms with Gasteiger partial charge in [0.05, 0.1) is 5.56 Å². The molecule has 2 fully saturated rings. The first-order valence-electron chi connectivity index (χ1n) is 11.2. The Morgan fingerprint density at radius 3 is 2.24 bits per heavy atom. The fourth-order valence-corrected chi connectivity index (χ4v) is 5.30. The second kappa shape index (κ2) is 9.99. The van der Waals surface area contributed by atoms with Gasteiger partial charge >= 0.3 is 6.61 Å². The van der Waals surface area contributed by atoms with Crippen molar-refractivity contribution in [2.24, 2.45) is 17.8 Å². The smallest absolute Gasteiger partial charge is 0.387 e. The number of benzene rings is 2. The van der Waals surface area contributed by atoms with Gasteiger partial charge in [-0.2, -0.15) is 8.78 Å². The highest BCUT2D eigenvalue weighted by molar-refractivity contribution is 5.46. The van der Waals surface area contributed by atoms with Crippen LogP contribution in [0.2, 0.25) is 0 Å². The van der Waals surface area contributed by atoms with Crippen LogP contribution >= 0.6 is 0 Å². The molecule has 4 rings (SSSR count). The topological polar surface area (TPSA) is 9.23 Å². The van der Waals surface area contributed by atoms with E-state index in [4.69, 9.17) is 0 Å². The normalized spacial score (nSPS) is 24.5. The minimum Gasteiger partial charge on any atom is -0.429 e. The maximum Gasteiger partial charge on any atom is 0.387 e. The summed E-state index contributed by atoms with van der Waals surface area (Å²) in [6.45, 7) is 0.586. The molecule has 0 aliphatic heterocycles. The molecule has 6 heteroatoms. The molecule has 2 aliphatic rings. The van der Waals surface area contributed by atoms with Crippen LogP contribution in [0.1, 0.15) is 61.1 Å². The lowest BCUT2D eigenvalue weighted by Gasteiger charge is -2.41. The van der Waals surface area contributed by atoms with Gasteiger partial charge in [0.25, 0.3) is 0 Å². The van der Waals surface area contributed by atoms with Gasteiger partial charge in [-0.3, -0.25) is 0 Å². The van der Waals surface area contributed by atoms with Gasteiger partial charge < -0.3 is 4.74 Å². The second-order valence-electron chi connectivity index (χ2n) is 8.98. The summed E-state index contributed by atoms with van der Waals surface area (Å²) >= 11 is 0. The average molecular weight is 460 g/mol. The quantitative estimate of drug-likeness (QED) is 0.259. The van der Waals surface area contributed by atoms with Crippen LogP contribution in [0, 0.1) is 47.0 Å². The van der Waals surface area contributed by atoms with E-state index in [2.05, 4.69) is 29.2 Å². The largest absolute Gasteiger partial charge is 0.429 e. The molecule has 0 spiro atoms. The third kappa shape index (κ3) is 5.40. The second-order valence-corrected chi connectivity index (χ2v) is 8.98. The molecule has 174 valence electrons. The summed E-state index contributed by atoms with van der Waals surface area (Å²) in [5.74, 6) is 3.14. The predicted molar refractivity (Wildman–Crippen MR) is 116 cm³/mol. The first-order valence-corrected chi connectivity index (χ1v) is 11.2. The highest BCUT2D eigenvalue weighted by Gasteiger charge is 2.35. The van der Waals surface area contributed by atoms with Crippen LogP contribution < -0.4 is 4.74 Å². The standard InChI is InChI=1S/C27H25F5O/c1-2-16-3-6-20-14-21(10-9-19(20)11-16)22-8-7-18(23(28)15-22)5-4-17-12-24(29)26(25(30)13-17)33-27(31)32/h2,7-8,12-13,15-16,19-21,27H,1,3,6,9-11,14H2. The minimum absolute atomic E-state index is 0.104. The van der Waals surface area contributed by atoms with Crippen LogP contribution in [0.15, 0.2) is 43.0 Å².